The van der Waals surface area contributed by atoms with Crippen molar-refractivity contribution in [3.8, 4) is 0 Å². The number of hydrogen-bond donors (Lipinski definition) is 0. The van der Waals surface area contributed by atoms with Gasteiger partial charge in [-0.1, -0.05) is 97.6 Å². The predicted octanol–water partition coefficient (Wildman–Crippen LogP) is 5.29. The number of ether oxygens (including phenoxy) is 4. The number of hydrogen-bond acceptors (Lipinski definition) is 4. The Hall–Kier alpha value is -2.92. The Kier molecular flexibility index (Phi) is 7.51. The largest absolute Gasteiger partial charge is 0.487 e. The molecular formula is C27H28O4. The zero-order valence-corrected chi connectivity index (χ0v) is 17.6. The molecule has 1 saturated heterocycles. The van der Waals surface area contributed by atoms with Crippen LogP contribution in [0.25, 0.3) is 0 Å². The molecule has 160 valence electrons. The zero-order valence-electron chi connectivity index (χ0n) is 17.6. The molecule has 0 unspecified atom stereocenters. The highest BCUT2D eigenvalue weighted by Crippen LogP contribution is 2.30. The van der Waals surface area contributed by atoms with Crippen LogP contribution < -0.4 is 0 Å². The van der Waals surface area contributed by atoms with Crippen molar-refractivity contribution < 1.29 is 18.9 Å². The Morgan fingerprint density at radius 2 is 1.13 bits per heavy atom. The summed E-state index contributed by atoms with van der Waals surface area (Å²) in [6.07, 6.45) is -0.929. The minimum atomic E-state index is -0.353. The smallest absolute Gasteiger partial charge is 0.151 e. The minimum Gasteiger partial charge on any atom is -0.487 e. The highest BCUT2D eigenvalue weighted by molar-refractivity contribution is 5.16. The zero-order chi connectivity index (χ0) is 21.3. The Balaban J connectivity index is 1.40. The van der Waals surface area contributed by atoms with Crippen molar-refractivity contribution in [1.29, 1.82) is 0 Å². The summed E-state index contributed by atoms with van der Waals surface area (Å²) < 4.78 is 24.5. The van der Waals surface area contributed by atoms with E-state index in [1.807, 2.05) is 91.0 Å². The first kappa shape index (κ1) is 21.3. The second kappa shape index (κ2) is 10.9. The molecule has 0 spiro atoms. The summed E-state index contributed by atoms with van der Waals surface area (Å²) in [5.74, 6) is 0.585. The molecule has 1 fully saturated rings. The fourth-order valence-electron chi connectivity index (χ4n) is 3.61. The summed E-state index contributed by atoms with van der Waals surface area (Å²) in [4.78, 5) is 0. The standard InChI is InChI=1S/C27H28O4/c1-21-26(29-18-23-13-7-3-8-14-23)27(30-19-24-15-9-4-10-16-24)25(31-21)20-28-17-22-11-5-2-6-12-22/h2-16,25-27H,1,17-20H2/t25-,26-,27-/m1/s1. The van der Waals surface area contributed by atoms with Gasteiger partial charge >= 0.3 is 0 Å². The molecule has 4 nitrogen and oxygen atoms in total. The third-order valence-corrected chi connectivity index (χ3v) is 5.24. The molecule has 0 saturated carbocycles. The van der Waals surface area contributed by atoms with Crippen LogP contribution in [-0.2, 0) is 38.8 Å². The fourth-order valence-corrected chi connectivity index (χ4v) is 3.61. The molecule has 4 rings (SSSR count). The van der Waals surface area contributed by atoms with E-state index in [1.165, 1.54) is 0 Å². The highest BCUT2D eigenvalue weighted by Gasteiger charge is 2.43. The predicted molar refractivity (Wildman–Crippen MR) is 120 cm³/mol. The molecule has 0 aliphatic carbocycles. The Morgan fingerprint density at radius 3 is 1.68 bits per heavy atom. The summed E-state index contributed by atoms with van der Waals surface area (Å²) in [6.45, 7) is 5.95. The highest BCUT2D eigenvalue weighted by atomic mass is 16.6. The molecule has 0 N–H and O–H groups in total. The minimum absolute atomic E-state index is 0.277. The van der Waals surface area contributed by atoms with Crippen molar-refractivity contribution in [3.63, 3.8) is 0 Å². The molecule has 0 radical (unpaired) electrons. The van der Waals surface area contributed by atoms with Crippen LogP contribution in [0.5, 0.6) is 0 Å². The molecule has 0 aromatic heterocycles. The third kappa shape index (κ3) is 6.05. The molecule has 3 aromatic carbocycles. The average Bonchev–Trinajstić information content (AvgIpc) is 3.12. The lowest BCUT2D eigenvalue weighted by Gasteiger charge is -2.23. The maximum atomic E-state index is 6.29. The van der Waals surface area contributed by atoms with Gasteiger partial charge in [-0.15, -0.1) is 0 Å². The van der Waals surface area contributed by atoms with Crippen molar-refractivity contribution >= 4 is 0 Å². The molecule has 4 heteroatoms. The van der Waals surface area contributed by atoms with Gasteiger partial charge in [-0.3, -0.25) is 0 Å². The fraction of sp³-hybridized carbons (Fsp3) is 0.259. The van der Waals surface area contributed by atoms with E-state index in [9.17, 15) is 0 Å². The van der Waals surface area contributed by atoms with E-state index in [2.05, 4.69) is 6.58 Å². The molecule has 1 heterocycles. The maximum absolute atomic E-state index is 6.29. The Labute approximate surface area is 184 Å². The molecule has 3 aromatic rings. The van der Waals surface area contributed by atoms with E-state index < -0.39 is 0 Å². The van der Waals surface area contributed by atoms with E-state index in [4.69, 9.17) is 18.9 Å². The van der Waals surface area contributed by atoms with Crippen LogP contribution in [0.4, 0.5) is 0 Å². The van der Waals surface area contributed by atoms with Gasteiger partial charge in [0.25, 0.3) is 0 Å². The lowest BCUT2D eigenvalue weighted by molar-refractivity contribution is -0.0894. The van der Waals surface area contributed by atoms with E-state index in [0.717, 1.165) is 16.7 Å². The van der Waals surface area contributed by atoms with Gasteiger partial charge in [0.2, 0.25) is 0 Å². The number of benzene rings is 3. The SMILES string of the molecule is C=C1O[C@H](COCc2ccccc2)[C@@H](OCc2ccccc2)[C@@H]1OCc1ccccc1. The van der Waals surface area contributed by atoms with Gasteiger partial charge in [0.05, 0.1) is 26.4 Å². The van der Waals surface area contributed by atoms with Crippen molar-refractivity contribution in [1.82, 2.24) is 0 Å². The lowest BCUT2D eigenvalue weighted by atomic mass is 10.1. The van der Waals surface area contributed by atoms with Crippen LogP contribution >= 0.6 is 0 Å². The molecule has 31 heavy (non-hydrogen) atoms. The lowest BCUT2D eigenvalue weighted by Crippen LogP contribution is -2.37. The molecule has 0 bridgehead atoms. The molecular weight excluding hydrogens is 388 g/mol. The van der Waals surface area contributed by atoms with Crippen molar-refractivity contribution in [3.05, 3.63) is 120 Å². The van der Waals surface area contributed by atoms with E-state index in [-0.39, 0.29) is 18.3 Å². The van der Waals surface area contributed by atoms with Crippen molar-refractivity contribution in [2.75, 3.05) is 6.61 Å². The topological polar surface area (TPSA) is 36.9 Å². The van der Waals surface area contributed by atoms with Gasteiger partial charge in [0.15, 0.2) is 6.10 Å². The monoisotopic (exact) mass is 416 g/mol. The maximum Gasteiger partial charge on any atom is 0.151 e. The quantitative estimate of drug-likeness (QED) is 0.450. The first-order valence-corrected chi connectivity index (χ1v) is 10.6. The first-order valence-electron chi connectivity index (χ1n) is 10.6. The van der Waals surface area contributed by atoms with Gasteiger partial charge in [-0.2, -0.15) is 0 Å². The Morgan fingerprint density at radius 1 is 0.645 bits per heavy atom. The third-order valence-electron chi connectivity index (χ3n) is 5.24. The van der Waals surface area contributed by atoms with Gasteiger partial charge < -0.3 is 18.9 Å². The summed E-state index contributed by atoms with van der Waals surface area (Å²) in [7, 11) is 0. The van der Waals surface area contributed by atoms with Gasteiger partial charge in [-0.05, 0) is 16.7 Å². The Bertz CT molecular complexity index is 927. The van der Waals surface area contributed by atoms with Crippen LogP contribution in [0, 0.1) is 0 Å². The second-order valence-corrected chi connectivity index (χ2v) is 7.60. The van der Waals surface area contributed by atoms with Gasteiger partial charge in [0.1, 0.15) is 18.0 Å². The van der Waals surface area contributed by atoms with E-state index in [0.29, 0.717) is 32.2 Å². The normalized spacial score (nSPS) is 20.5. The molecule has 0 amide bonds. The van der Waals surface area contributed by atoms with Crippen LogP contribution in [-0.4, -0.2) is 24.9 Å². The van der Waals surface area contributed by atoms with Crippen LogP contribution in [0.1, 0.15) is 16.7 Å². The average molecular weight is 417 g/mol. The van der Waals surface area contributed by atoms with Gasteiger partial charge in [0, 0.05) is 0 Å². The summed E-state index contributed by atoms with van der Waals surface area (Å²) >= 11 is 0. The summed E-state index contributed by atoms with van der Waals surface area (Å²) in [6, 6.07) is 30.3. The van der Waals surface area contributed by atoms with Crippen LogP contribution in [0.15, 0.2) is 103 Å². The van der Waals surface area contributed by atoms with Crippen LogP contribution in [0.3, 0.4) is 0 Å². The van der Waals surface area contributed by atoms with Gasteiger partial charge in [-0.25, -0.2) is 0 Å². The molecule has 1 aliphatic heterocycles. The van der Waals surface area contributed by atoms with Crippen molar-refractivity contribution in [2.24, 2.45) is 0 Å². The molecule has 1 aliphatic rings. The van der Waals surface area contributed by atoms with Crippen molar-refractivity contribution in [2.45, 2.75) is 38.1 Å². The first-order chi connectivity index (χ1) is 15.3. The second-order valence-electron chi connectivity index (χ2n) is 7.60. The summed E-state index contributed by atoms with van der Waals surface area (Å²) in [5.41, 5.74) is 3.32. The molecule has 3 atom stereocenters. The summed E-state index contributed by atoms with van der Waals surface area (Å²) in [5, 5.41) is 0. The van der Waals surface area contributed by atoms with E-state index >= 15 is 0 Å². The van der Waals surface area contributed by atoms with Crippen LogP contribution in [0.2, 0.25) is 0 Å². The number of rotatable bonds is 10. The van der Waals surface area contributed by atoms with E-state index in [1.54, 1.807) is 0 Å².